The maximum absolute atomic E-state index is 12.3. The third kappa shape index (κ3) is 3.68. The van der Waals surface area contributed by atoms with Crippen molar-refractivity contribution in [2.24, 2.45) is 11.8 Å². The molecule has 1 fully saturated rings. The van der Waals surface area contributed by atoms with Crippen LogP contribution < -0.4 is 5.32 Å². The summed E-state index contributed by atoms with van der Waals surface area (Å²) in [7, 11) is 1.67. The van der Waals surface area contributed by atoms with E-state index < -0.39 is 0 Å². The first-order chi connectivity index (χ1) is 7.97. The van der Waals surface area contributed by atoms with Gasteiger partial charge in [-0.2, -0.15) is 0 Å². The van der Waals surface area contributed by atoms with Crippen molar-refractivity contribution in [3.8, 4) is 0 Å². The van der Waals surface area contributed by atoms with Crippen LogP contribution in [0.25, 0.3) is 0 Å². The summed E-state index contributed by atoms with van der Waals surface area (Å²) in [6.45, 7) is 9.87. The fourth-order valence-electron chi connectivity index (χ4n) is 2.34. The van der Waals surface area contributed by atoms with Crippen molar-refractivity contribution in [1.82, 2.24) is 10.2 Å². The molecule has 4 nitrogen and oxygen atoms in total. The first-order valence-corrected chi connectivity index (χ1v) is 6.52. The highest BCUT2D eigenvalue weighted by atomic mass is 16.5. The van der Waals surface area contributed by atoms with Crippen LogP contribution in [0.3, 0.4) is 0 Å². The minimum absolute atomic E-state index is 0.0146. The number of hydrogen-bond donors (Lipinski definition) is 1. The van der Waals surface area contributed by atoms with Gasteiger partial charge in [-0.1, -0.05) is 27.7 Å². The molecule has 0 spiro atoms. The zero-order valence-corrected chi connectivity index (χ0v) is 11.7. The zero-order valence-electron chi connectivity index (χ0n) is 11.7. The Morgan fingerprint density at radius 3 is 2.47 bits per heavy atom. The van der Waals surface area contributed by atoms with E-state index >= 15 is 0 Å². The molecule has 0 aromatic heterocycles. The molecule has 4 heteroatoms. The highest BCUT2D eigenvalue weighted by Crippen LogP contribution is 2.21. The Bertz CT molecular complexity index is 254. The largest absolute Gasteiger partial charge is 0.383 e. The van der Waals surface area contributed by atoms with E-state index in [4.69, 9.17) is 4.74 Å². The van der Waals surface area contributed by atoms with Gasteiger partial charge in [0, 0.05) is 13.7 Å². The Balaban J connectivity index is 2.67. The van der Waals surface area contributed by atoms with Gasteiger partial charge < -0.3 is 9.64 Å². The lowest BCUT2D eigenvalue weighted by atomic mass is 10.0. The van der Waals surface area contributed by atoms with Crippen molar-refractivity contribution in [2.75, 3.05) is 20.3 Å². The lowest BCUT2D eigenvalue weighted by Gasteiger charge is -2.26. The van der Waals surface area contributed by atoms with Crippen LogP contribution in [0.15, 0.2) is 0 Å². The van der Waals surface area contributed by atoms with Crippen LogP contribution in [0.1, 0.15) is 34.1 Å². The van der Waals surface area contributed by atoms with Gasteiger partial charge in [-0.15, -0.1) is 0 Å². The SMILES string of the molecule is COCCN1C(=O)C(CC(C)C)NC1C(C)C. The molecule has 0 aliphatic carbocycles. The van der Waals surface area contributed by atoms with Crippen molar-refractivity contribution in [1.29, 1.82) is 0 Å². The van der Waals surface area contributed by atoms with Gasteiger partial charge >= 0.3 is 0 Å². The van der Waals surface area contributed by atoms with Crippen LogP contribution in [0.5, 0.6) is 0 Å². The molecule has 1 N–H and O–H groups in total. The van der Waals surface area contributed by atoms with Gasteiger partial charge in [-0.25, -0.2) is 0 Å². The van der Waals surface area contributed by atoms with Crippen molar-refractivity contribution < 1.29 is 9.53 Å². The van der Waals surface area contributed by atoms with E-state index in [-0.39, 0.29) is 18.1 Å². The molecule has 1 saturated heterocycles. The Morgan fingerprint density at radius 1 is 1.35 bits per heavy atom. The second-order valence-corrected chi connectivity index (χ2v) is 5.56. The maximum Gasteiger partial charge on any atom is 0.241 e. The van der Waals surface area contributed by atoms with Gasteiger partial charge in [-0.05, 0) is 18.3 Å². The minimum Gasteiger partial charge on any atom is -0.383 e. The topological polar surface area (TPSA) is 41.6 Å². The molecular weight excluding hydrogens is 216 g/mol. The third-order valence-electron chi connectivity index (χ3n) is 3.16. The summed E-state index contributed by atoms with van der Waals surface area (Å²) in [6, 6.07) is -0.0146. The van der Waals surface area contributed by atoms with Crippen LogP contribution >= 0.6 is 0 Å². The molecule has 100 valence electrons. The number of amides is 1. The number of nitrogens with zero attached hydrogens (tertiary/aromatic N) is 1. The van der Waals surface area contributed by atoms with E-state index in [9.17, 15) is 4.79 Å². The molecule has 1 amide bonds. The monoisotopic (exact) mass is 242 g/mol. The van der Waals surface area contributed by atoms with E-state index in [0.717, 1.165) is 6.42 Å². The first kappa shape index (κ1) is 14.5. The number of ether oxygens (including phenoxy) is 1. The van der Waals surface area contributed by atoms with Crippen molar-refractivity contribution >= 4 is 5.91 Å². The first-order valence-electron chi connectivity index (χ1n) is 6.52. The smallest absolute Gasteiger partial charge is 0.241 e. The summed E-state index contributed by atoms with van der Waals surface area (Å²) >= 11 is 0. The van der Waals surface area contributed by atoms with Gasteiger partial charge in [-0.3, -0.25) is 10.1 Å². The van der Waals surface area contributed by atoms with Crippen molar-refractivity contribution in [3.63, 3.8) is 0 Å². The number of carbonyl (C=O) groups excluding carboxylic acids is 1. The van der Waals surface area contributed by atoms with Crippen molar-refractivity contribution in [2.45, 2.75) is 46.3 Å². The van der Waals surface area contributed by atoms with Crippen LogP contribution in [0, 0.1) is 11.8 Å². The Morgan fingerprint density at radius 2 is 2.00 bits per heavy atom. The van der Waals surface area contributed by atoms with Crippen LogP contribution in [0.2, 0.25) is 0 Å². The molecule has 0 aromatic rings. The van der Waals surface area contributed by atoms with Crippen LogP contribution in [-0.4, -0.2) is 43.3 Å². The Labute approximate surface area is 105 Å². The highest BCUT2D eigenvalue weighted by molar-refractivity contribution is 5.84. The summed E-state index contributed by atoms with van der Waals surface area (Å²) in [5.74, 6) is 1.19. The Hall–Kier alpha value is -0.610. The number of methoxy groups -OCH3 is 1. The number of carbonyl (C=O) groups is 1. The van der Waals surface area contributed by atoms with E-state index in [1.54, 1.807) is 7.11 Å². The van der Waals surface area contributed by atoms with E-state index in [0.29, 0.717) is 25.0 Å². The zero-order chi connectivity index (χ0) is 13.0. The van der Waals surface area contributed by atoms with Crippen LogP contribution in [0.4, 0.5) is 0 Å². The normalized spacial score (nSPS) is 25.4. The highest BCUT2D eigenvalue weighted by Gasteiger charge is 2.39. The summed E-state index contributed by atoms with van der Waals surface area (Å²) in [5.41, 5.74) is 0. The van der Waals surface area contributed by atoms with Gasteiger partial charge in [0.1, 0.15) is 0 Å². The van der Waals surface area contributed by atoms with Crippen molar-refractivity contribution in [3.05, 3.63) is 0 Å². The fraction of sp³-hybridized carbons (Fsp3) is 0.923. The fourth-order valence-corrected chi connectivity index (χ4v) is 2.34. The second kappa shape index (κ2) is 6.36. The van der Waals surface area contributed by atoms with E-state index in [2.05, 4.69) is 33.0 Å². The quantitative estimate of drug-likeness (QED) is 0.766. The molecule has 2 atom stereocenters. The molecule has 17 heavy (non-hydrogen) atoms. The average Bonchev–Trinajstić information content (AvgIpc) is 2.53. The molecule has 0 saturated carbocycles. The van der Waals surface area contributed by atoms with Crippen LogP contribution in [-0.2, 0) is 9.53 Å². The summed E-state index contributed by atoms with van der Waals surface area (Å²) < 4.78 is 5.07. The van der Waals surface area contributed by atoms with Gasteiger partial charge in [0.15, 0.2) is 0 Å². The molecule has 0 bridgehead atoms. The van der Waals surface area contributed by atoms with Gasteiger partial charge in [0.2, 0.25) is 5.91 Å². The molecule has 1 aliphatic rings. The number of hydrogen-bond acceptors (Lipinski definition) is 3. The third-order valence-corrected chi connectivity index (χ3v) is 3.16. The molecule has 1 heterocycles. The lowest BCUT2D eigenvalue weighted by Crippen LogP contribution is -2.42. The standard InChI is InChI=1S/C13H26N2O2/c1-9(2)8-11-13(16)15(6-7-17-5)12(14-11)10(3)4/h9-12,14H,6-8H2,1-5H3. The maximum atomic E-state index is 12.3. The summed E-state index contributed by atoms with van der Waals surface area (Å²) in [5, 5.41) is 3.45. The molecule has 0 aromatic carbocycles. The minimum atomic E-state index is -0.0146. The number of nitrogens with one attached hydrogen (secondary N) is 1. The van der Waals surface area contributed by atoms with Gasteiger partial charge in [0.25, 0.3) is 0 Å². The van der Waals surface area contributed by atoms with E-state index in [1.165, 1.54) is 0 Å². The predicted octanol–water partition coefficient (Wildman–Crippen LogP) is 1.46. The Kier molecular flexibility index (Phi) is 5.40. The average molecular weight is 242 g/mol. The molecule has 1 rings (SSSR count). The molecule has 0 radical (unpaired) electrons. The van der Waals surface area contributed by atoms with Gasteiger partial charge in [0.05, 0.1) is 18.8 Å². The molecular formula is C13H26N2O2. The molecule has 2 unspecified atom stereocenters. The van der Waals surface area contributed by atoms with E-state index in [1.807, 2.05) is 4.90 Å². The lowest BCUT2D eigenvalue weighted by molar-refractivity contribution is -0.131. The second-order valence-electron chi connectivity index (χ2n) is 5.56. The summed E-state index contributed by atoms with van der Waals surface area (Å²) in [6.07, 6.45) is 1.06. The molecule has 1 aliphatic heterocycles. The number of rotatable bonds is 6. The summed E-state index contributed by atoms with van der Waals surface area (Å²) in [4.78, 5) is 14.2. The predicted molar refractivity (Wildman–Crippen MR) is 68.6 cm³/mol.